The van der Waals surface area contributed by atoms with E-state index in [4.69, 9.17) is 14.9 Å². The summed E-state index contributed by atoms with van der Waals surface area (Å²) < 4.78 is 30.1. The lowest BCUT2D eigenvalue weighted by Crippen LogP contribution is -2.10. The number of aliphatic carboxylic acids is 1. The van der Waals surface area contributed by atoms with Crippen LogP contribution in [-0.4, -0.2) is 56.8 Å². The zero-order valence-corrected chi connectivity index (χ0v) is 17.6. The number of aryl methyl sites for hydroxylation is 1. The molecule has 0 bridgehead atoms. The van der Waals surface area contributed by atoms with Crippen LogP contribution in [0.3, 0.4) is 0 Å². The summed E-state index contributed by atoms with van der Waals surface area (Å²) in [5.41, 5.74) is 2.55. The molecule has 8 heteroatoms. The van der Waals surface area contributed by atoms with Gasteiger partial charge in [-0.15, -0.1) is 0 Å². The Morgan fingerprint density at radius 2 is 1.90 bits per heavy atom. The molecule has 0 aromatic heterocycles. The van der Waals surface area contributed by atoms with E-state index < -0.39 is 22.4 Å². The van der Waals surface area contributed by atoms with Gasteiger partial charge >= 0.3 is 5.97 Å². The predicted octanol–water partition coefficient (Wildman–Crippen LogP) is 2.06. The molecule has 0 saturated carbocycles. The Balaban J connectivity index is 2.46. The summed E-state index contributed by atoms with van der Waals surface area (Å²) in [5.74, 6) is 4.96. The first-order chi connectivity index (χ1) is 14.3. The highest BCUT2D eigenvalue weighted by atomic mass is 32.2. The lowest BCUT2D eigenvalue weighted by Gasteiger charge is -2.07. The molecule has 0 saturated heterocycles. The van der Waals surface area contributed by atoms with E-state index in [0.717, 1.165) is 11.1 Å². The SMILES string of the molecule is CN=Cc1ccc(OCC(=O)O)c(C#Cc2cc(S(=O)(=O)CCCO)ccc2C)c1. The number of nitrogens with zero attached hydrogens (tertiary/aromatic N) is 1. The molecule has 0 atom stereocenters. The van der Waals surface area contributed by atoms with Crippen LogP contribution in [0.2, 0.25) is 0 Å². The summed E-state index contributed by atoms with van der Waals surface area (Å²) in [4.78, 5) is 14.9. The second-order valence-electron chi connectivity index (χ2n) is 6.45. The van der Waals surface area contributed by atoms with Gasteiger partial charge in [0.15, 0.2) is 16.4 Å². The number of benzene rings is 2. The Bertz CT molecular complexity index is 1110. The monoisotopic (exact) mass is 429 g/mol. The third kappa shape index (κ3) is 6.44. The predicted molar refractivity (Wildman–Crippen MR) is 114 cm³/mol. The van der Waals surface area contributed by atoms with Crippen LogP contribution in [0.4, 0.5) is 0 Å². The van der Waals surface area contributed by atoms with Gasteiger partial charge in [-0.25, -0.2) is 13.2 Å². The van der Waals surface area contributed by atoms with E-state index in [1.165, 1.54) is 12.1 Å². The molecular formula is C22H23NO6S. The molecule has 0 aliphatic heterocycles. The number of aliphatic hydroxyl groups excluding tert-OH is 1. The van der Waals surface area contributed by atoms with E-state index in [9.17, 15) is 13.2 Å². The van der Waals surface area contributed by atoms with Crippen molar-refractivity contribution in [1.29, 1.82) is 0 Å². The highest BCUT2D eigenvalue weighted by molar-refractivity contribution is 7.91. The summed E-state index contributed by atoms with van der Waals surface area (Å²) in [5, 5.41) is 17.8. The average Bonchev–Trinajstić information content (AvgIpc) is 2.71. The molecule has 2 aromatic carbocycles. The number of hydrogen-bond acceptors (Lipinski definition) is 6. The minimum Gasteiger partial charge on any atom is -0.481 e. The molecule has 2 rings (SSSR count). The molecule has 2 N–H and O–H groups in total. The summed E-state index contributed by atoms with van der Waals surface area (Å²) in [6, 6.07) is 9.77. The van der Waals surface area contributed by atoms with Crippen molar-refractivity contribution in [2.45, 2.75) is 18.2 Å². The van der Waals surface area contributed by atoms with Crippen LogP contribution in [0.15, 0.2) is 46.3 Å². The number of carboxylic acid groups (broad SMARTS) is 1. The van der Waals surface area contributed by atoms with Gasteiger partial charge in [0.1, 0.15) is 5.75 Å². The highest BCUT2D eigenvalue weighted by Gasteiger charge is 2.15. The third-order valence-corrected chi connectivity index (χ3v) is 5.90. The molecule has 7 nitrogen and oxygen atoms in total. The minimum atomic E-state index is -3.52. The van der Waals surface area contributed by atoms with Crippen molar-refractivity contribution in [3.05, 3.63) is 58.7 Å². The summed E-state index contributed by atoms with van der Waals surface area (Å²) in [6.45, 7) is 1.11. The smallest absolute Gasteiger partial charge is 0.341 e. The van der Waals surface area contributed by atoms with Gasteiger partial charge in [-0.05, 0) is 54.8 Å². The van der Waals surface area contributed by atoms with Crippen molar-refractivity contribution in [3.8, 4) is 17.6 Å². The average molecular weight is 429 g/mol. The molecule has 0 unspecified atom stereocenters. The molecule has 0 aliphatic rings. The normalized spacial score (nSPS) is 11.2. The van der Waals surface area contributed by atoms with Crippen LogP contribution in [0.1, 0.15) is 28.7 Å². The minimum absolute atomic E-state index is 0.139. The van der Waals surface area contributed by atoms with Gasteiger partial charge in [-0.2, -0.15) is 0 Å². The van der Waals surface area contributed by atoms with Gasteiger partial charge in [0.2, 0.25) is 0 Å². The van der Waals surface area contributed by atoms with Crippen molar-refractivity contribution in [2.75, 3.05) is 26.0 Å². The molecule has 2 aromatic rings. The number of carboxylic acids is 1. The molecule has 0 aliphatic carbocycles. The Hall–Kier alpha value is -3.15. The first-order valence-corrected chi connectivity index (χ1v) is 10.8. The van der Waals surface area contributed by atoms with Gasteiger partial charge in [0.05, 0.1) is 16.2 Å². The van der Waals surface area contributed by atoms with E-state index in [0.29, 0.717) is 16.9 Å². The van der Waals surface area contributed by atoms with Crippen LogP contribution in [0.5, 0.6) is 5.75 Å². The van der Waals surface area contributed by atoms with E-state index in [2.05, 4.69) is 16.8 Å². The van der Waals surface area contributed by atoms with Crippen molar-refractivity contribution < 1.29 is 28.2 Å². The molecule has 0 radical (unpaired) electrons. The Kier molecular flexibility index (Phi) is 8.16. The Morgan fingerprint density at radius 3 is 2.57 bits per heavy atom. The summed E-state index contributed by atoms with van der Waals surface area (Å²) in [6.07, 6.45) is 1.79. The fraction of sp³-hybridized carbons (Fsp3) is 0.273. The summed E-state index contributed by atoms with van der Waals surface area (Å²) in [7, 11) is -1.89. The molecular weight excluding hydrogens is 406 g/mol. The first kappa shape index (κ1) is 23.1. The first-order valence-electron chi connectivity index (χ1n) is 9.14. The number of ether oxygens (including phenoxy) is 1. The topological polar surface area (TPSA) is 113 Å². The lowest BCUT2D eigenvalue weighted by atomic mass is 10.1. The largest absolute Gasteiger partial charge is 0.481 e. The number of aliphatic hydroxyl groups is 1. The van der Waals surface area contributed by atoms with Gasteiger partial charge in [-0.3, -0.25) is 4.99 Å². The molecule has 0 fully saturated rings. The maximum absolute atomic E-state index is 12.4. The van der Waals surface area contributed by atoms with Crippen molar-refractivity contribution >= 4 is 22.0 Å². The molecule has 0 amide bonds. The van der Waals surface area contributed by atoms with Gasteiger partial charge in [0, 0.05) is 25.4 Å². The quantitative estimate of drug-likeness (QED) is 0.491. The van der Waals surface area contributed by atoms with E-state index in [-0.39, 0.29) is 23.7 Å². The van der Waals surface area contributed by atoms with Crippen molar-refractivity contribution in [1.82, 2.24) is 0 Å². The van der Waals surface area contributed by atoms with E-state index >= 15 is 0 Å². The number of sulfone groups is 1. The van der Waals surface area contributed by atoms with Crippen molar-refractivity contribution in [3.63, 3.8) is 0 Å². The Morgan fingerprint density at radius 1 is 1.17 bits per heavy atom. The number of rotatable bonds is 8. The fourth-order valence-corrected chi connectivity index (χ4v) is 3.89. The van der Waals surface area contributed by atoms with E-state index in [1.807, 2.05) is 6.92 Å². The zero-order valence-electron chi connectivity index (χ0n) is 16.8. The number of hydrogen-bond donors (Lipinski definition) is 2. The number of aliphatic imine (C=N–C) groups is 1. The maximum atomic E-state index is 12.4. The van der Waals surface area contributed by atoms with Crippen LogP contribution in [-0.2, 0) is 14.6 Å². The van der Waals surface area contributed by atoms with Crippen LogP contribution >= 0.6 is 0 Å². The van der Waals surface area contributed by atoms with Crippen LogP contribution in [0.25, 0.3) is 0 Å². The second-order valence-corrected chi connectivity index (χ2v) is 8.56. The number of carbonyl (C=O) groups is 1. The maximum Gasteiger partial charge on any atom is 0.341 e. The molecule has 0 heterocycles. The van der Waals surface area contributed by atoms with Gasteiger partial charge < -0.3 is 14.9 Å². The third-order valence-electron chi connectivity index (χ3n) is 4.10. The molecule has 30 heavy (non-hydrogen) atoms. The van der Waals surface area contributed by atoms with Crippen LogP contribution in [0, 0.1) is 18.8 Å². The highest BCUT2D eigenvalue weighted by Crippen LogP contribution is 2.21. The zero-order chi connectivity index (χ0) is 22.1. The van der Waals surface area contributed by atoms with Gasteiger partial charge in [-0.1, -0.05) is 17.9 Å². The van der Waals surface area contributed by atoms with Crippen LogP contribution < -0.4 is 4.74 Å². The standard InChI is InChI=1S/C22H23NO6S/c1-16-4-8-20(30(27,28)11-3-10-24)13-18(16)6-7-19-12-17(14-23-2)5-9-21(19)29-15-22(25)26/h4-5,8-9,12-14,24H,3,10-11,15H2,1-2H3,(H,25,26). The van der Waals surface area contributed by atoms with Gasteiger partial charge in [0.25, 0.3) is 0 Å². The molecule has 0 spiro atoms. The summed E-state index contributed by atoms with van der Waals surface area (Å²) >= 11 is 0. The second kappa shape index (κ2) is 10.6. The van der Waals surface area contributed by atoms with Crippen molar-refractivity contribution in [2.24, 2.45) is 4.99 Å². The molecule has 158 valence electrons. The van der Waals surface area contributed by atoms with E-state index in [1.54, 1.807) is 37.5 Å². The lowest BCUT2D eigenvalue weighted by molar-refractivity contribution is -0.139. The Labute approximate surface area is 176 Å². The fourth-order valence-electron chi connectivity index (χ4n) is 2.58.